The molecule has 4 N–H and O–H groups in total. The Morgan fingerprint density at radius 3 is 2.79 bits per heavy atom. The lowest BCUT2D eigenvalue weighted by Crippen LogP contribution is -2.38. The summed E-state index contributed by atoms with van der Waals surface area (Å²) in [5.41, 5.74) is 6.14. The Kier molecular flexibility index (Phi) is 3.73. The summed E-state index contributed by atoms with van der Waals surface area (Å²) in [6.07, 6.45) is 3.82. The van der Waals surface area contributed by atoms with Gasteiger partial charge in [-0.1, -0.05) is 0 Å². The quantitative estimate of drug-likeness (QED) is 0.467. The molecule has 0 aliphatic carbocycles. The van der Waals surface area contributed by atoms with E-state index in [1.807, 2.05) is 36.1 Å². The van der Waals surface area contributed by atoms with Crippen LogP contribution in [0, 0.1) is 0 Å². The lowest BCUT2D eigenvalue weighted by Gasteiger charge is -2.06. The molecule has 6 heteroatoms. The summed E-state index contributed by atoms with van der Waals surface area (Å²) in [4.78, 5) is 0. The van der Waals surface area contributed by atoms with E-state index >= 15 is 0 Å². The van der Waals surface area contributed by atoms with Gasteiger partial charge in [0.05, 0.1) is 0 Å². The summed E-state index contributed by atoms with van der Waals surface area (Å²) in [7, 11) is 1.93. The third-order valence-corrected chi connectivity index (χ3v) is 1.74. The second-order valence-electron chi connectivity index (χ2n) is 2.70. The monoisotopic (exact) mass is 227 g/mol. The Morgan fingerprint density at radius 2 is 2.21 bits per heavy atom. The number of hydrogen-bond donors (Lipinski definition) is 3. The third kappa shape index (κ3) is 3.63. The molecular weight excluding hydrogens is 216 g/mol. The minimum absolute atomic E-state index is 0.155. The van der Waals surface area contributed by atoms with Crippen molar-refractivity contribution in [1.29, 1.82) is 0 Å². The second-order valence-corrected chi connectivity index (χ2v) is 3.55. The van der Waals surface area contributed by atoms with Gasteiger partial charge in [0, 0.05) is 6.07 Å². The predicted octanol–water partition coefficient (Wildman–Crippen LogP) is 0.0411. The van der Waals surface area contributed by atoms with Crippen LogP contribution in [0.5, 0.6) is 0 Å². The van der Waals surface area contributed by atoms with Gasteiger partial charge in [0.2, 0.25) is 0 Å². The number of nitrogens with zero attached hydrogens (tertiary/aromatic N) is 1. The van der Waals surface area contributed by atoms with Gasteiger partial charge in [-0.3, -0.25) is 0 Å². The van der Waals surface area contributed by atoms with Crippen LogP contribution in [0.3, 0.4) is 0 Å². The smallest absolute Gasteiger partial charge is 0.192 e. The highest BCUT2D eigenvalue weighted by Gasteiger charge is 2.00. The van der Waals surface area contributed by atoms with Crippen LogP contribution in [-0.2, 0) is 7.05 Å². The van der Waals surface area contributed by atoms with Gasteiger partial charge in [0.25, 0.3) is 0 Å². The van der Waals surface area contributed by atoms with Crippen molar-refractivity contribution in [3.63, 3.8) is 0 Å². The van der Waals surface area contributed by atoms with Gasteiger partial charge in [0.15, 0.2) is 22.6 Å². The van der Waals surface area contributed by atoms with E-state index < -0.39 is 0 Å². The van der Waals surface area contributed by atoms with Gasteiger partial charge >= 0.3 is 0 Å². The number of rotatable bonds is 1. The Hall–Kier alpha value is -1.27. The number of nitrogens with two attached hydrogens (primary N) is 1. The van der Waals surface area contributed by atoms with Crippen molar-refractivity contribution >= 4 is 40.3 Å². The normalized spacial score (nSPS) is 9.21. The van der Waals surface area contributed by atoms with Crippen molar-refractivity contribution in [1.82, 2.24) is 5.32 Å². The molecule has 1 rings (SSSR count). The Bertz CT molecular complexity index is 364. The zero-order chi connectivity index (χ0) is 10.6. The van der Waals surface area contributed by atoms with Gasteiger partial charge in [-0.05, 0) is 30.5 Å². The predicted molar refractivity (Wildman–Crippen MR) is 63.8 cm³/mol. The first-order valence-electron chi connectivity index (χ1n) is 3.90. The first kappa shape index (κ1) is 10.8. The number of thiocarbonyl (C=S) groups is 2. The first-order chi connectivity index (χ1) is 6.58. The molecule has 0 bridgehead atoms. The molecule has 0 amide bonds. The van der Waals surface area contributed by atoms with Gasteiger partial charge in [-0.2, -0.15) is 0 Å². The SMILES string of the molecule is C[n+]1cccc(NC(=S)NC(N)=S)c1. The van der Waals surface area contributed by atoms with Crippen LogP contribution in [0.15, 0.2) is 24.5 Å². The highest BCUT2D eigenvalue weighted by molar-refractivity contribution is 7.82. The maximum absolute atomic E-state index is 5.26. The van der Waals surface area contributed by atoms with Crippen LogP contribution in [0.25, 0.3) is 0 Å². The summed E-state index contributed by atoms with van der Waals surface area (Å²) in [5.74, 6) is 0. The lowest BCUT2D eigenvalue weighted by atomic mass is 10.4. The fourth-order valence-corrected chi connectivity index (χ4v) is 1.33. The molecule has 0 saturated carbocycles. The number of nitrogens with one attached hydrogen (secondary N) is 2. The second kappa shape index (κ2) is 4.83. The van der Waals surface area contributed by atoms with E-state index in [0.717, 1.165) is 5.69 Å². The van der Waals surface area contributed by atoms with E-state index in [-0.39, 0.29) is 5.11 Å². The molecule has 0 spiro atoms. The summed E-state index contributed by atoms with van der Waals surface area (Å²) in [5, 5.41) is 6.12. The fraction of sp³-hybridized carbons (Fsp3) is 0.125. The Balaban J connectivity index is 2.60. The third-order valence-electron chi connectivity index (χ3n) is 1.43. The fourth-order valence-electron chi connectivity index (χ4n) is 0.936. The molecule has 1 aromatic heterocycles. The molecule has 0 unspecified atom stereocenters. The molecule has 0 fully saturated rings. The number of aromatic nitrogens is 1. The van der Waals surface area contributed by atoms with E-state index in [9.17, 15) is 0 Å². The molecule has 1 heterocycles. The molecule has 14 heavy (non-hydrogen) atoms. The van der Waals surface area contributed by atoms with Gasteiger partial charge in [-0.25, -0.2) is 4.57 Å². The highest BCUT2D eigenvalue weighted by atomic mass is 32.1. The van der Waals surface area contributed by atoms with E-state index in [4.69, 9.17) is 18.0 Å². The molecule has 0 saturated heterocycles. The average Bonchev–Trinajstić information content (AvgIpc) is 2.01. The van der Waals surface area contributed by atoms with E-state index in [2.05, 4.69) is 22.9 Å². The van der Waals surface area contributed by atoms with Crippen LogP contribution in [0.1, 0.15) is 0 Å². The molecule has 0 aliphatic rings. The number of anilines is 1. The minimum atomic E-state index is 0.155. The van der Waals surface area contributed by atoms with Crippen LogP contribution >= 0.6 is 24.4 Å². The first-order valence-corrected chi connectivity index (χ1v) is 4.72. The van der Waals surface area contributed by atoms with Crippen molar-refractivity contribution in [3.05, 3.63) is 24.5 Å². The van der Waals surface area contributed by atoms with Crippen molar-refractivity contribution in [3.8, 4) is 0 Å². The van der Waals surface area contributed by atoms with Gasteiger partial charge in [-0.15, -0.1) is 0 Å². The number of aryl methyl sites for hydroxylation is 1. The number of pyridine rings is 1. The van der Waals surface area contributed by atoms with Crippen molar-refractivity contribution in [2.24, 2.45) is 12.8 Å². The van der Waals surface area contributed by atoms with Gasteiger partial charge < -0.3 is 16.4 Å². The molecule has 4 nitrogen and oxygen atoms in total. The topological polar surface area (TPSA) is 54.0 Å². The Morgan fingerprint density at radius 1 is 1.50 bits per heavy atom. The molecule has 0 radical (unpaired) electrons. The lowest BCUT2D eigenvalue weighted by molar-refractivity contribution is -0.670. The van der Waals surface area contributed by atoms with Gasteiger partial charge in [0.1, 0.15) is 12.7 Å². The van der Waals surface area contributed by atoms with Crippen LogP contribution in [0.2, 0.25) is 0 Å². The number of hydrogen-bond acceptors (Lipinski definition) is 2. The average molecular weight is 227 g/mol. The van der Waals surface area contributed by atoms with Crippen LogP contribution < -0.4 is 20.9 Å². The van der Waals surface area contributed by atoms with E-state index in [1.54, 1.807) is 0 Å². The standard InChI is InChI=1S/C8H10N4S2/c1-12-4-2-3-6(5-12)10-8(14)11-7(9)13/h2-5H,1H3,(H3-,9,10,11,13,14)/p+1. The van der Waals surface area contributed by atoms with Crippen molar-refractivity contribution in [2.45, 2.75) is 0 Å². The minimum Gasteiger partial charge on any atom is -0.376 e. The molecule has 0 atom stereocenters. The molecule has 0 aromatic carbocycles. The summed E-state index contributed by atoms with van der Waals surface area (Å²) < 4.78 is 1.91. The maximum Gasteiger partial charge on any atom is 0.192 e. The maximum atomic E-state index is 5.26. The van der Waals surface area contributed by atoms with Crippen LogP contribution in [-0.4, -0.2) is 10.2 Å². The summed E-state index contributed by atoms with van der Waals surface area (Å²) >= 11 is 9.60. The molecule has 74 valence electrons. The largest absolute Gasteiger partial charge is 0.376 e. The summed E-state index contributed by atoms with van der Waals surface area (Å²) in [6.45, 7) is 0. The zero-order valence-corrected chi connectivity index (χ0v) is 9.28. The molecule has 0 aliphatic heterocycles. The zero-order valence-electron chi connectivity index (χ0n) is 7.65. The van der Waals surface area contributed by atoms with Crippen molar-refractivity contribution in [2.75, 3.05) is 5.32 Å². The van der Waals surface area contributed by atoms with E-state index in [1.165, 1.54) is 0 Å². The van der Waals surface area contributed by atoms with E-state index in [0.29, 0.717) is 5.11 Å². The highest BCUT2D eigenvalue weighted by Crippen LogP contribution is 2.00. The van der Waals surface area contributed by atoms with Crippen molar-refractivity contribution < 1.29 is 4.57 Å². The summed E-state index contributed by atoms with van der Waals surface area (Å²) in [6, 6.07) is 3.80. The molecule has 1 aromatic rings. The Labute approximate surface area is 93.1 Å². The molecular formula is C8H11N4S2+. The van der Waals surface area contributed by atoms with Crippen LogP contribution in [0.4, 0.5) is 5.69 Å².